The number of aromatic nitrogens is 4. The van der Waals surface area contributed by atoms with E-state index >= 15 is 0 Å². The average molecular weight is 364 g/mol. The van der Waals surface area contributed by atoms with Crippen LogP contribution in [0, 0.1) is 6.92 Å². The molecule has 0 aliphatic heterocycles. The lowest BCUT2D eigenvalue weighted by Gasteiger charge is -2.05. The van der Waals surface area contributed by atoms with Crippen LogP contribution in [-0.4, -0.2) is 14.5 Å². The van der Waals surface area contributed by atoms with Gasteiger partial charge in [-0.1, -0.05) is 19.3 Å². The summed E-state index contributed by atoms with van der Waals surface area (Å²) in [4.78, 5) is 8.94. The first-order chi connectivity index (χ1) is 13.2. The largest absolute Gasteiger partial charge is 0.255 e. The van der Waals surface area contributed by atoms with Gasteiger partial charge in [-0.2, -0.15) is 0 Å². The van der Waals surface area contributed by atoms with Crippen molar-refractivity contribution in [1.29, 1.82) is 0 Å². The number of aryl methyl sites for hydroxylation is 4. The van der Waals surface area contributed by atoms with E-state index in [1.807, 2.05) is 18.5 Å². The molecule has 4 nitrogen and oxygen atoms in total. The van der Waals surface area contributed by atoms with Gasteiger partial charge in [-0.25, -0.2) is 9.13 Å². The fourth-order valence-electron chi connectivity index (χ4n) is 3.41. The van der Waals surface area contributed by atoms with E-state index in [4.69, 9.17) is 0 Å². The third-order valence-corrected chi connectivity index (χ3v) is 4.96. The summed E-state index contributed by atoms with van der Waals surface area (Å²) < 4.78 is 4.36. The summed E-state index contributed by atoms with van der Waals surface area (Å²) in [5.74, 6) is 0. The normalized spacial score (nSPS) is 11.0. The Balaban J connectivity index is 1.33. The first kappa shape index (κ1) is 19.3. The van der Waals surface area contributed by atoms with Crippen molar-refractivity contribution in [3.8, 4) is 11.4 Å². The van der Waals surface area contributed by atoms with Crippen molar-refractivity contribution in [2.45, 2.75) is 58.4 Å². The fourth-order valence-corrected chi connectivity index (χ4v) is 3.41. The lowest BCUT2D eigenvalue weighted by Crippen LogP contribution is -2.23. The molecule has 0 N–H and O–H groups in total. The monoisotopic (exact) mass is 363 g/mol. The molecule has 0 amide bonds. The van der Waals surface area contributed by atoms with Gasteiger partial charge in [-0.3, -0.25) is 9.97 Å². The Morgan fingerprint density at radius 1 is 0.889 bits per heavy atom. The van der Waals surface area contributed by atoms with Crippen molar-refractivity contribution in [3.05, 3.63) is 66.5 Å². The van der Waals surface area contributed by atoms with E-state index in [9.17, 15) is 0 Å². The highest BCUT2D eigenvalue weighted by molar-refractivity contribution is 5.55. The summed E-state index contributed by atoms with van der Waals surface area (Å²) in [6.07, 6.45) is 19.1. The van der Waals surface area contributed by atoms with Gasteiger partial charge in [0.05, 0.1) is 25.0 Å². The van der Waals surface area contributed by atoms with Gasteiger partial charge in [0.1, 0.15) is 12.4 Å². The minimum Gasteiger partial charge on any atom is -0.255 e. The van der Waals surface area contributed by atoms with E-state index in [0.717, 1.165) is 24.4 Å². The van der Waals surface area contributed by atoms with Crippen molar-refractivity contribution in [2.75, 3.05) is 0 Å². The molecule has 4 heteroatoms. The Labute approximate surface area is 162 Å². The van der Waals surface area contributed by atoms with Crippen LogP contribution in [-0.2, 0) is 20.0 Å². The molecular formula is C23H31N4+. The maximum Gasteiger partial charge on any atom is 0.243 e. The molecule has 0 unspecified atom stereocenters. The van der Waals surface area contributed by atoms with Crippen LogP contribution in [0.3, 0.4) is 0 Å². The molecule has 3 rings (SSSR count). The van der Waals surface area contributed by atoms with Crippen molar-refractivity contribution in [3.63, 3.8) is 0 Å². The molecule has 3 heterocycles. The summed E-state index contributed by atoms with van der Waals surface area (Å²) in [5, 5.41) is 0. The zero-order chi connectivity index (χ0) is 18.9. The third-order valence-electron chi connectivity index (χ3n) is 4.96. The van der Waals surface area contributed by atoms with E-state index in [0.29, 0.717) is 0 Å². The molecule has 0 saturated heterocycles. The van der Waals surface area contributed by atoms with Gasteiger partial charge in [0.2, 0.25) is 6.33 Å². The topological polar surface area (TPSA) is 34.6 Å². The predicted molar refractivity (Wildman–Crippen MR) is 109 cm³/mol. The van der Waals surface area contributed by atoms with E-state index in [1.165, 1.54) is 49.7 Å². The molecule has 3 aromatic heterocycles. The van der Waals surface area contributed by atoms with Gasteiger partial charge in [0.15, 0.2) is 0 Å². The lowest BCUT2D eigenvalue weighted by atomic mass is 10.0. The van der Waals surface area contributed by atoms with Crippen LogP contribution in [0.15, 0.2) is 55.4 Å². The summed E-state index contributed by atoms with van der Waals surface area (Å²) in [6, 6.07) is 8.45. The lowest BCUT2D eigenvalue weighted by molar-refractivity contribution is -0.671. The molecule has 0 radical (unpaired) electrons. The molecule has 3 aromatic rings. The van der Waals surface area contributed by atoms with Crippen molar-refractivity contribution >= 4 is 0 Å². The smallest absolute Gasteiger partial charge is 0.243 e. The van der Waals surface area contributed by atoms with Gasteiger partial charge in [0.25, 0.3) is 0 Å². The highest BCUT2D eigenvalue weighted by Crippen LogP contribution is 2.18. The van der Waals surface area contributed by atoms with E-state index in [2.05, 4.69) is 70.0 Å². The maximum absolute atomic E-state index is 4.49. The zero-order valence-electron chi connectivity index (χ0n) is 16.6. The molecule has 0 aliphatic rings. The maximum atomic E-state index is 4.49. The van der Waals surface area contributed by atoms with Gasteiger partial charge in [-0.05, 0) is 68.0 Å². The molecule has 0 bridgehead atoms. The zero-order valence-corrected chi connectivity index (χ0v) is 16.6. The Kier molecular flexibility index (Phi) is 7.14. The Morgan fingerprint density at radius 2 is 1.59 bits per heavy atom. The standard InChI is InChI=1S/C23H31N4/c1-20-10-12-24-22(17-20)23-18-21(11-13-25-23)9-7-5-3-4-6-8-14-27-16-15-26(2)19-27/h10-13,15-19H,3-9,14H2,1-2H3/q+1. The molecule has 0 fully saturated rings. The third kappa shape index (κ3) is 6.31. The first-order valence-electron chi connectivity index (χ1n) is 10.1. The SMILES string of the molecule is Cc1ccnc(-c2cc(CCCCCCCCn3cc[n+](C)c3)ccn2)c1. The van der Waals surface area contributed by atoms with Gasteiger partial charge in [0, 0.05) is 12.4 Å². The van der Waals surface area contributed by atoms with Gasteiger partial charge < -0.3 is 0 Å². The quantitative estimate of drug-likeness (QED) is 0.388. The highest BCUT2D eigenvalue weighted by atomic mass is 15.1. The van der Waals surface area contributed by atoms with E-state index in [1.54, 1.807) is 0 Å². The van der Waals surface area contributed by atoms with Crippen LogP contribution < -0.4 is 4.57 Å². The van der Waals surface area contributed by atoms with E-state index in [-0.39, 0.29) is 0 Å². The Morgan fingerprint density at radius 3 is 2.33 bits per heavy atom. The highest BCUT2D eigenvalue weighted by Gasteiger charge is 2.03. The number of pyridine rings is 2. The van der Waals surface area contributed by atoms with Crippen LogP contribution >= 0.6 is 0 Å². The Hall–Kier alpha value is -2.49. The molecule has 0 aromatic carbocycles. The number of rotatable bonds is 10. The molecule has 142 valence electrons. The summed E-state index contributed by atoms with van der Waals surface area (Å²) in [6.45, 7) is 3.22. The van der Waals surface area contributed by atoms with Crippen molar-refractivity contribution in [2.24, 2.45) is 7.05 Å². The van der Waals surface area contributed by atoms with Crippen molar-refractivity contribution in [1.82, 2.24) is 14.5 Å². The van der Waals surface area contributed by atoms with Crippen molar-refractivity contribution < 1.29 is 4.57 Å². The second kappa shape index (κ2) is 10.0. The number of nitrogens with zero attached hydrogens (tertiary/aromatic N) is 4. The minimum absolute atomic E-state index is 0.966. The molecule has 0 atom stereocenters. The molecule has 0 saturated carbocycles. The van der Waals surface area contributed by atoms with E-state index < -0.39 is 0 Å². The second-order valence-electron chi connectivity index (χ2n) is 7.46. The number of imidazole rings is 1. The number of hydrogen-bond acceptors (Lipinski definition) is 2. The molecule has 0 aliphatic carbocycles. The van der Waals surface area contributed by atoms with Crippen LogP contribution in [0.5, 0.6) is 0 Å². The predicted octanol–water partition coefficient (Wildman–Crippen LogP) is 4.66. The number of hydrogen-bond donors (Lipinski definition) is 0. The first-order valence-corrected chi connectivity index (χ1v) is 10.1. The molecule has 0 spiro atoms. The molecule has 27 heavy (non-hydrogen) atoms. The summed E-state index contributed by atoms with van der Waals surface area (Å²) in [5.41, 5.74) is 4.53. The van der Waals surface area contributed by atoms with Gasteiger partial charge in [-0.15, -0.1) is 0 Å². The average Bonchev–Trinajstić information content (AvgIpc) is 3.09. The summed E-state index contributed by atoms with van der Waals surface area (Å²) >= 11 is 0. The molecular weight excluding hydrogens is 332 g/mol. The van der Waals surface area contributed by atoms with Crippen LogP contribution in [0.25, 0.3) is 11.4 Å². The second-order valence-corrected chi connectivity index (χ2v) is 7.46. The summed E-state index contributed by atoms with van der Waals surface area (Å²) in [7, 11) is 2.07. The Bertz CT molecular complexity index is 838. The fraction of sp³-hybridized carbons (Fsp3) is 0.435. The van der Waals surface area contributed by atoms with Crippen LogP contribution in [0.1, 0.15) is 49.7 Å². The minimum atomic E-state index is 0.966. The van der Waals surface area contributed by atoms with Crippen LogP contribution in [0.4, 0.5) is 0 Å². The number of unbranched alkanes of at least 4 members (excludes halogenated alkanes) is 5. The van der Waals surface area contributed by atoms with Gasteiger partial charge >= 0.3 is 0 Å². The van der Waals surface area contributed by atoms with Crippen LogP contribution in [0.2, 0.25) is 0 Å².